The van der Waals surface area contributed by atoms with Gasteiger partial charge in [-0.05, 0) is 29.8 Å². The molecule has 0 radical (unpaired) electrons. The maximum Gasteiger partial charge on any atom is 0.230 e. The summed E-state index contributed by atoms with van der Waals surface area (Å²) >= 11 is 0. The summed E-state index contributed by atoms with van der Waals surface area (Å²) < 4.78 is 6.98. The van der Waals surface area contributed by atoms with E-state index in [2.05, 4.69) is 26.6 Å². The van der Waals surface area contributed by atoms with Crippen LogP contribution >= 0.6 is 0 Å². The molecule has 1 fully saturated rings. The first-order valence-electron chi connectivity index (χ1n) is 10.6. The minimum atomic E-state index is -0.210. The summed E-state index contributed by atoms with van der Waals surface area (Å²) in [6, 6.07) is 13.2. The summed E-state index contributed by atoms with van der Waals surface area (Å²) in [4.78, 5) is 19.6. The molecule has 0 aliphatic carbocycles. The average molecular weight is 443 g/mol. The predicted molar refractivity (Wildman–Crippen MR) is 121 cm³/mol. The van der Waals surface area contributed by atoms with Crippen molar-refractivity contribution in [3.63, 3.8) is 0 Å². The topological polar surface area (TPSA) is 129 Å². The van der Waals surface area contributed by atoms with Crippen molar-refractivity contribution in [2.45, 2.75) is 13.0 Å². The molecule has 33 heavy (non-hydrogen) atoms. The Labute approximate surface area is 189 Å². The van der Waals surface area contributed by atoms with Crippen molar-refractivity contribution in [1.29, 1.82) is 5.26 Å². The number of benzene rings is 2. The van der Waals surface area contributed by atoms with Gasteiger partial charge in [-0.15, -0.1) is 5.10 Å². The van der Waals surface area contributed by atoms with Crippen LogP contribution in [-0.4, -0.2) is 58.0 Å². The van der Waals surface area contributed by atoms with Crippen LogP contribution in [0, 0.1) is 11.3 Å². The van der Waals surface area contributed by atoms with E-state index < -0.39 is 0 Å². The van der Waals surface area contributed by atoms with E-state index in [1.807, 2.05) is 30.3 Å². The van der Waals surface area contributed by atoms with Gasteiger partial charge < -0.3 is 20.1 Å². The van der Waals surface area contributed by atoms with E-state index in [0.717, 1.165) is 11.3 Å². The first-order chi connectivity index (χ1) is 16.2. The summed E-state index contributed by atoms with van der Waals surface area (Å²) in [7, 11) is 0. The number of fused-ring (bicyclic) bond motifs is 1. The zero-order chi connectivity index (χ0) is 22.8. The van der Waals surface area contributed by atoms with Gasteiger partial charge in [0.25, 0.3) is 0 Å². The van der Waals surface area contributed by atoms with Crippen LogP contribution in [0.2, 0.25) is 0 Å². The number of amides is 1. The van der Waals surface area contributed by atoms with Gasteiger partial charge >= 0.3 is 0 Å². The van der Waals surface area contributed by atoms with E-state index in [9.17, 15) is 15.2 Å². The van der Waals surface area contributed by atoms with Crippen LogP contribution in [-0.2, 0) is 16.1 Å². The molecule has 0 saturated carbocycles. The molecule has 2 aliphatic heterocycles. The number of nitriles is 1. The third-order valence-electron chi connectivity index (χ3n) is 5.65. The average Bonchev–Trinajstić information content (AvgIpc) is 3.27. The molecule has 166 valence electrons. The van der Waals surface area contributed by atoms with Crippen molar-refractivity contribution in [1.82, 2.24) is 15.0 Å². The molecule has 0 spiro atoms. The largest absolute Gasteiger partial charge is 0.390 e. The van der Waals surface area contributed by atoms with Gasteiger partial charge in [0.05, 0.1) is 72.2 Å². The van der Waals surface area contributed by atoms with Gasteiger partial charge in [-0.2, -0.15) is 5.26 Å². The molecule has 2 N–H and O–H groups in total. The number of hydrogen-bond donors (Lipinski definition) is 2. The highest BCUT2D eigenvalue weighted by molar-refractivity contribution is 6.17. The normalized spacial score (nSPS) is 15.8. The highest BCUT2D eigenvalue weighted by atomic mass is 16.5. The Morgan fingerprint density at radius 2 is 2.06 bits per heavy atom. The van der Waals surface area contributed by atoms with Gasteiger partial charge in [-0.3, -0.25) is 9.79 Å². The number of aliphatic hydroxyl groups excluding tert-OH is 1. The number of rotatable bonds is 4. The third kappa shape index (κ3) is 4.07. The summed E-state index contributed by atoms with van der Waals surface area (Å²) in [6.45, 7) is 2.36. The van der Waals surface area contributed by atoms with Crippen LogP contribution in [0.25, 0.3) is 5.69 Å². The molecule has 3 aromatic rings. The molecule has 3 heterocycles. The SMILES string of the molecule is N#Cc1cc2c(cc1N1CCOCC1)N=C(c1cccc(-n3nncc3CO)c1)CC(=O)N2. The number of aliphatic imine (C=N–C) groups is 1. The molecule has 0 atom stereocenters. The molecule has 5 rings (SSSR count). The molecule has 2 aromatic carbocycles. The highest BCUT2D eigenvalue weighted by Crippen LogP contribution is 2.36. The maximum absolute atomic E-state index is 12.7. The zero-order valence-electron chi connectivity index (χ0n) is 17.7. The standard InChI is InChI=1S/C23H21N7O3/c24-12-16-9-20-21(10-22(16)29-4-6-33-7-5-29)26-19(11-23(32)27-20)15-2-1-3-17(8-15)30-18(14-31)13-25-28-30/h1-3,8-10,13,31H,4-7,11,14H2,(H,27,32). The summed E-state index contributed by atoms with van der Waals surface area (Å²) in [6.07, 6.45) is 1.58. The monoisotopic (exact) mass is 443 g/mol. The molecule has 1 amide bonds. The van der Waals surface area contributed by atoms with Gasteiger partial charge in [0.15, 0.2) is 0 Å². The molecular weight excluding hydrogens is 422 g/mol. The number of hydrogen-bond acceptors (Lipinski definition) is 8. The minimum absolute atomic E-state index is 0.0805. The first kappa shape index (κ1) is 20.8. The number of aromatic nitrogens is 3. The third-order valence-corrected chi connectivity index (χ3v) is 5.65. The molecular formula is C23H21N7O3. The van der Waals surface area contributed by atoms with E-state index >= 15 is 0 Å². The first-order valence-corrected chi connectivity index (χ1v) is 10.6. The number of carbonyl (C=O) groups excluding carboxylic acids is 1. The van der Waals surface area contributed by atoms with Crippen molar-refractivity contribution in [2.24, 2.45) is 4.99 Å². The fraction of sp³-hybridized carbons (Fsp3) is 0.261. The van der Waals surface area contributed by atoms with E-state index in [-0.39, 0.29) is 18.9 Å². The van der Waals surface area contributed by atoms with Gasteiger partial charge in [0, 0.05) is 13.1 Å². The second-order valence-electron chi connectivity index (χ2n) is 7.73. The predicted octanol–water partition coefficient (Wildman–Crippen LogP) is 1.93. The van der Waals surface area contributed by atoms with E-state index in [0.29, 0.717) is 60.3 Å². The Morgan fingerprint density at radius 3 is 2.85 bits per heavy atom. The molecule has 1 aromatic heterocycles. The summed E-state index contributed by atoms with van der Waals surface area (Å²) in [5, 5.41) is 30.0. The molecule has 0 unspecified atom stereocenters. The fourth-order valence-corrected chi connectivity index (χ4v) is 4.02. The van der Waals surface area contributed by atoms with Crippen molar-refractivity contribution in [3.8, 4) is 11.8 Å². The van der Waals surface area contributed by atoms with Crippen LogP contribution in [0.15, 0.2) is 47.6 Å². The van der Waals surface area contributed by atoms with Crippen LogP contribution in [0.1, 0.15) is 23.2 Å². The van der Waals surface area contributed by atoms with Gasteiger partial charge in [0.2, 0.25) is 5.91 Å². The lowest BCUT2D eigenvalue weighted by Gasteiger charge is -2.30. The zero-order valence-corrected chi connectivity index (χ0v) is 17.7. The number of ether oxygens (including phenoxy) is 1. The molecule has 0 bridgehead atoms. The minimum Gasteiger partial charge on any atom is -0.390 e. The molecule has 10 nitrogen and oxygen atoms in total. The van der Waals surface area contributed by atoms with Gasteiger partial charge in [-0.1, -0.05) is 17.3 Å². The Kier molecular flexibility index (Phi) is 5.56. The number of aliphatic hydroxyl groups is 1. The lowest BCUT2D eigenvalue weighted by Crippen LogP contribution is -2.36. The van der Waals surface area contributed by atoms with Crippen molar-refractivity contribution in [2.75, 3.05) is 36.5 Å². The lowest BCUT2D eigenvalue weighted by molar-refractivity contribution is -0.115. The van der Waals surface area contributed by atoms with E-state index in [4.69, 9.17) is 9.73 Å². The second-order valence-corrected chi connectivity index (χ2v) is 7.73. The number of carbonyl (C=O) groups is 1. The van der Waals surface area contributed by atoms with Crippen molar-refractivity contribution >= 4 is 28.7 Å². The lowest BCUT2D eigenvalue weighted by atomic mass is 10.1. The quantitative estimate of drug-likeness (QED) is 0.630. The van der Waals surface area contributed by atoms with E-state index in [1.54, 1.807) is 10.7 Å². The summed E-state index contributed by atoms with van der Waals surface area (Å²) in [5.74, 6) is -0.210. The van der Waals surface area contributed by atoms with E-state index in [1.165, 1.54) is 6.20 Å². The van der Waals surface area contributed by atoms with Gasteiger partial charge in [-0.25, -0.2) is 4.68 Å². The number of nitrogens with one attached hydrogen (secondary N) is 1. The Hall–Kier alpha value is -4.07. The maximum atomic E-state index is 12.7. The number of morpholine rings is 1. The fourth-order valence-electron chi connectivity index (χ4n) is 4.02. The number of anilines is 2. The smallest absolute Gasteiger partial charge is 0.230 e. The van der Waals surface area contributed by atoms with Crippen LogP contribution < -0.4 is 10.2 Å². The van der Waals surface area contributed by atoms with Crippen LogP contribution in [0.3, 0.4) is 0 Å². The highest BCUT2D eigenvalue weighted by Gasteiger charge is 2.22. The van der Waals surface area contributed by atoms with Crippen molar-refractivity contribution < 1.29 is 14.6 Å². The van der Waals surface area contributed by atoms with Crippen LogP contribution in [0.5, 0.6) is 0 Å². The Bertz CT molecular complexity index is 1290. The Morgan fingerprint density at radius 1 is 1.21 bits per heavy atom. The molecule has 2 aliphatic rings. The van der Waals surface area contributed by atoms with Crippen molar-refractivity contribution in [3.05, 3.63) is 59.4 Å². The number of nitrogens with zero attached hydrogens (tertiary/aromatic N) is 6. The Balaban J connectivity index is 1.58. The van der Waals surface area contributed by atoms with Crippen LogP contribution in [0.4, 0.5) is 17.1 Å². The molecule has 1 saturated heterocycles. The summed E-state index contributed by atoms with van der Waals surface area (Å²) in [5.41, 5.74) is 4.98. The molecule has 10 heteroatoms. The second kappa shape index (κ2) is 8.82. The van der Waals surface area contributed by atoms with Gasteiger partial charge in [0.1, 0.15) is 6.07 Å².